The minimum Gasteiger partial charge on any atom is -0.480 e. The number of aryl methyl sites for hydroxylation is 1. The first-order valence-electron chi connectivity index (χ1n) is 8.20. The first-order chi connectivity index (χ1) is 12.5. The third-order valence-electron chi connectivity index (χ3n) is 3.96. The largest absolute Gasteiger partial charge is 0.480 e. The van der Waals surface area contributed by atoms with Crippen molar-refractivity contribution < 1.29 is 14.7 Å². The molecule has 132 valence electrons. The Hall–Kier alpha value is -3.41. The summed E-state index contributed by atoms with van der Waals surface area (Å²) >= 11 is 0. The zero-order chi connectivity index (χ0) is 18.5. The molecule has 0 spiro atoms. The molecular formula is C20H19N3O3. The van der Waals surface area contributed by atoms with Gasteiger partial charge in [0.1, 0.15) is 6.54 Å². The second kappa shape index (κ2) is 7.65. The number of carbonyl (C=O) groups excluding carboxylic acids is 1. The molecule has 3 aromatic rings. The molecule has 1 amide bonds. The molecule has 0 aliphatic heterocycles. The highest BCUT2D eigenvalue weighted by atomic mass is 16.4. The second-order valence-corrected chi connectivity index (χ2v) is 5.95. The minimum absolute atomic E-state index is 0.377. The molecule has 26 heavy (non-hydrogen) atoms. The van der Waals surface area contributed by atoms with Gasteiger partial charge in [0.25, 0.3) is 5.91 Å². The highest BCUT2D eigenvalue weighted by Gasteiger charge is 2.24. The zero-order valence-electron chi connectivity index (χ0n) is 14.4. The third kappa shape index (κ3) is 3.97. The van der Waals surface area contributed by atoms with Crippen molar-refractivity contribution in [1.29, 1.82) is 0 Å². The number of nitrogens with zero attached hydrogens (tertiary/aromatic N) is 3. The fraction of sp³-hybridized carbons (Fsp3) is 0.150. The normalized spacial score (nSPS) is 10.5. The van der Waals surface area contributed by atoms with E-state index in [2.05, 4.69) is 5.10 Å². The number of aliphatic carboxylic acids is 1. The Morgan fingerprint density at radius 2 is 1.65 bits per heavy atom. The Morgan fingerprint density at radius 3 is 2.27 bits per heavy atom. The number of amides is 1. The monoisotopic (exact) mass is 349 g/mol. The van der Waals surface area contributed by atoms with Gasteiger partial charge in [-0.3, -0.25) is 19.2 Å². The van der Waals surface area contributed by atoms with Gasteiger partial charge in [-0.2, -0.15) is 5.10 Å². The van der Waals surface area contributed by atoms with Gasteiger partial charge in [0.2, 0.25) is 0 Å². The Balaban J connectivity index is 1.95. The van der Waals surface area contributed by atoms with Gasteiger partial charge < -0.3 is 5.11 Å². The fourth-order valence-electron chi connectivity index (χ4n) is 2.80. The quantitative estimate of drug-likeness (QED) is 0.742. The number of rotatable bonds is 6. The summed E-state index contributed by atoms with van der Waals surface area (Å²) in [6.45, 7) is -0.414. The third-order valence-corrected chi connectivity index (χ3v) is 3.96. The molecule has 6 nitrogen and oxygen atoms in total. The number of aromatic nitrogens is 2. The van der Waals surface area contributed by atoms with Crippen molar-refractivity contribution in [3.8, 4) is 0 Å². The first kappa shape index (κ1) is 17.4. The molecule has 2 aromatic carbocycles. The smallest absolute Gasteiger partial charge is 0.323 e. The van der Waals surface area contributed by atoms with Crippen molar-refractivity contribution in [1.82, 2.24) is 9.78 Å². The van der Waals surface area contributed by atoms with E-state index in [1.165, 1.54) is 4.90 Å². The molecule has 3 rings (SSSR count). The highest BCUT2D eigenvalue weighted by Crippen LogP contribution is 2.20. The Bertz CT molecular complexity index is 905. The van der Waals surface area contributed by atoms with Crippen LogP contribution in [0.4, 0.5) is 5.69 Å². The van der Waals surface area contributed by atoms with Crippen LogP contribution in [0.5, 0.6) is 0 Å². The molecular weight excluding hydrogens is 330 g/mol. The molecule has 0 radical (unpaired) electrons. The number of hydrogen-bond acceptors (Lipinski definition) is 3. The van der Waals surface area contributed by atoms with Gasteiger partial charge in [0.15, 0.2) is 0 Å². The molecule has 0 unspecified atom stereocenters. The molecule has 0 atom stereocenters. The van der Waals surface area contributed by atoms with Crippen LogP contribution < -0.4 is 4.90 Å². The van der Waals surface area contributed by atoms with E-state index in [0.29, 0.717) is 23.4 Å². The number of anilines is 1. The molecule has 1 N–H and O–H groups in total. The summed E-state index contributed by atoms with van der Waals surface area (Å²) in [4.78, 5) is 25.7. The Labute approximate surface area is 151 Å². The average Bonchev–Trinajstić information content (AvgIpc) is 3.01. The van der Waals surface area contributed by atoms with Crippen LogP contribution in [-0.4, -0.2) is 33.3 Å². The highest BCUT2D eigenvalue weighted by molar-refractivity contribution is 6.08. The minimum atomic E-state index is -1.07. The van der Waals surface area contributed by atoms with Gasteiger partial charge in [-0.25, -0.2) is 0 Å². The van der Waals surface area contributed by atoms with Gasteiger partial charge in [-0.05, 0) is 17.7 Å². The lowest BCUT2D eigenvalue weighted by molar-refractivity contribution is -0.135. The molecule has 0 aliphatic rings. The van der Waals surface area contributed by atoms with Crippen molar-refractivity contribution in [2.24, 2.45) is 7.05 Å². The van der Waals surface area contributed by atoms with E-state index in [0.717, 1.165) is 5.56 Å². The van der Waals surface area contributed by atoms with Crippen LogP contribution in [0.2, 0.25) is 0 Å². The number of hydrogen-bond donors (Lipinski definition) is 1. The van der Waals surface area contributed by atoms with Crippen LogP contribution >= 0.6 is 0 Å². The summed E-state index contributed by atoms with van der Waals surface area (Å²) in [7, 11) is 1.75. The molecule has 1 heterocycles. The van der Waals surface area contributed by atoms with Crippen LogP contribution in [0.3, 0.4) is 0 Å². The zero-order valence-corrected chi connectivity index (χ0v) is 14.4. The van der Waals surface area contributed by atoms with E-state index < -0.39 is 12.5 Å². The maximum Gasteiger partial charge on any atom is 0.323 e. The molecule has 0 saturated heterocycles. The average molecular weight is 349 g/mol. The summed E-state index contributed by atoms with van der Waals surface area (Å²) in [5.41, 5.74) is 2.59. The number of carboxylic acid groups (broad SMARTS) is 1. The molecule has 0 bridgehead atoms. The molecule has 0 saturated carbocycles. The van der Waals surface area contributed by atoms with Gasteiger partial charge in [0, 0.05) is 25.4 Å². The van der Waals surface area contributed by atoms with E-state index in [-0.39, 0.29) is 5.91 Å². The number of para-hydroxylation sites is 1. The van der Waals surface area contributed by atoms with Crippen molar-refractivity contribution in [3.05, 3.63) is 83.7 Å². The van der Waals surface area contributed by atoms with E-state index in [1.807, 2.05) is 36.4 Å². The lowest BCUT2D eigenvalue weighted by Crippen LogP contribution is -2.36. The van der Waals surface area contributed by atoms with E-state index in [1.54, 1.807) is 42.2 Å². The van der Waals surface area contributed by atoms with Gasteiger partial charge in [0.05, 0.1) is 11.3 Å². The molecule has 6 heteroatoms. The SMILES string of the molecule is Cn1cc(C(=O)N(CC(=O)O)c2ccccc2)c(Cc2ccccc2)n1. The fourth-order valence-corrected chi connectivity index (χ4v) is 2.80. The predicted octanol–water partition coefficient (Wildman–Crippen LogP) is 2.74. The Kier molecular flexibility index (Phi) is 5.12. The van der Waals surface area contributed by atoms with Crippen LogP contribution in [0.25, 0.3) is 0 Å². The number of carboxylic acids is 1. The summed E-state index contributed by atoms with van der Waals surface area (Å²) < 4.78 is 1.58. The van der Waals surface area contributed by atoms with Crippen molar-refractivity contribution in [2.45, 2.75) is 6.42 Å². The summed E-state index contributed by atoms with van der Waals surface area (Å²) in [6, 6.07) is 18.5. The number of carbonyl (C=O) groups is 2. The summed E-state index contributed by atoms with van der Waals surface area (Å²) in [6.07, 6.45) is 2.14. The van der Waals surface area contributed by atoms with Crippen LogP contribution in [0.15, 0.2) is 66.9 Å². The van der Waals surface area contributed by atoms with Gasteiger partial charge in [-0.1, -0.05) is 48.5 Å². The van der Waals surface area contributed by atoms with Crippen LogP contribution in [0.1, 0.15) is 21.6 Å². The van der Waals surface area contributed by atoms with Crippen molar-refractivity contribution in [3.63, 3.8) is 0 Å². The number of benzene rings is 2. The van der Waals surface area contributed by atoms with Crippen LogP contribution in [0, 0.1) is 0 Å². The maximum absolute atomic E-state index is 13.1. The predicted molar refractivity (Wildman–Crippen MR) is 98.2 cm³/mol. The van der Waals surface area contributed by atoms with Crippen molar-refractivity contribution >= 4 is 17.6 Å². The topological polar surface area (TPSA) is 75.4 Å². The molecule has 1 aromatic heterocycles. The lowest BCUT2D eigenvalue weighted by atomic mass is 10.1. The molecule has 0 aliphatic carbocycles. The summed E-state index contributed by atoms with van der Waals surface area (Å²) in [5.74, 6) is -1.45. The lowest BCUT2D eigenvalue weighted by Gasteiger charge is -2.20. The van der Waals surface area contributed by atoms with Crippen molar-refractivity contribution in [2.75, 3.05) is 11.4 Å². The second-order valence-electron chi connectivity index (χ2n) is 5.95. The maximum atomic E-state index is 13.1. The van der Waals surface area contributed by atoms with E-state index in [4.69, 9.17) is 0 Å². The molecule has 0 fully saturated rings. The Morgan fingerprint density at radius 1 is 1.04 bits per heavy atom. The van der Waals surface area contributed by atoms with E-state index in [9.17, 15) is 14.7 Å². The van der Waals surface area contributed by atoms with Gasteiger partial charge >= 0.3 is 5.97 Å². The standard InChI is InChI=1S/C20H19N3O3/c1-22-13-17(18(21-22)12-15-8-4-2-5-9-15)20(26)23(14-19(24)25)16-10-6-3-7-11-16/h2-11,13H,12,14H2,1H3,(H,24,25). The van der Waals surface area contributed by atoms with E-state index >= 15 is 0 Å². The summed E-state index contributed by atoms with van der Waals surface area (Å²) in [5, 5.41) is 13.6. The first-order valence-corrected chi connectivity index (χ1v) is 8.20. The van der Waals surface area contributed by atoms with Gasteiger partial charge in [-0.15, -0.1) is 0 Å². The van der Waals surface area contributed by atoms with Crippen LogP contribution in [-0.2, 0) is 18.3 Å².